The number of fused-ring (bicyclic) bond motifs is 1. The Morgan fingerprint density at radius 1 is 1.33 bits per heavy atom. The smallest absolute Gasteiger partial charge is 0.252 e. The summed E-state index contributed by atoms with van der Waals surface area (Å²) in [6, 6.07) is 8.56. The summed E-state index contributed by atoms with van der Waals surface area (Å²) >= 11 is 6.46. The third kappa shape index (κ3) is 2.58. The van der Waals surface area contributed by atoms with Crippen molar-refractivity contribution in [2.45, 2.75) is 5.25 Å². The summed E-state index contributed by atoms with van der Waals surface area (Å²) in [5.41, 5.74) is 0.897. The number of benzene rings is 1. The molecule has 1 aliphatic heterocycles. The number of anilines is 2. The van der Waals surface area contributed by atoms with Crippen LogP contribution in [0.25, 0.3) is 0 Å². The maximum atomic E-state index is 12.7. The first-order valence-electron chi connectivity index (χ1n) is 6.91. The van der Waals surface area contributed by atoms with E-state index in [9.17, 15) is 13.2 Å². The maximum Gasteiger partial charge on any atom is 0.252 e. The van der Waals surface area contributed by atoms with Crippen LogP contribution in [0.5, 0.6) is 5.75 Å². The Bertz CT molecular complexity index is 920. The minimum Gasteiger partial charge on any atom is -0.495 e. The predicted molar refractivity (Wildman–Crippen MR) is 99.0 cm³/mol. The molecule has 0 saturated carbocycles. The van der Waals surface area contributed by atoms with Gasteiger partial charge in [-0.25, -0.2) is 8.42 Å². The largest absolute Gasteiger partial charge is 0.495 e. The molecule has 2 aromatic rings. The second-order valence-electron chi connectivity index (χ2n) is 5.08. The van der Waals surface area contributed by atoms with Crippen molar-refractivity contribution in [1.82, 2.24) is 0 Å². The van der Waals surface area contributed by atoms with Gasteiger partial charge in [0.05, 0.1) is 23.4 Å². The standard InChI is InChI=1S/C15H14N2O4S3/c1-17-10-7-8-23-13(10)12(18)14(24(17,19)20)15(22)16-9-5-3-4-6-11(9)21-2/h3-8,14H,1-2H3,(H,16,22). The predicted octanol–water partition coefficient (Wildman–Crippen LogP) is 2.53. The summed E-state index contributed by atoms with van der Waals surface area (Å²) in [5, 5.41) is 3.08. The van der Waals surface area contributed by atoms with Crippen LogP contribution >= 0.6 is 23.6 Å². The number of nitrogens with one attached hydrogen (secondary N) is 1. The van der Waals surface area contributed by atoms with Crippen LogP contribution in [0.3, 0.4) is 0 Å². The fourth-order valence-electron chi connectivity index (χ4n) is 2.48. The highest BCUT2D eigenvalue weighted by Gasteiger charge is 2.46. The van der Waals surface area contributed by atoms with Crippen LogP contribution in [0, 0.1) is 0 Å². The minimum absolute atomic E-state index is 0.0737. The second kappa shape index (κ2) is 6.15. The molecule has 0 aliphatic carbocycles. The van der Waals surface area contributed by atoms with E-state index in [1.165, 1.54) is 25.5 Å². The molecule has 1 atom stereocenters. The van der Waals surface area contributed by atoms with Crippen LogP contribution in [0.4, 0.5) is 11.4 Å². The molecule has 0 spiro atoms. The van der Waals surface area contributed by atoms with Gasteiger partial charge >= 0.3 is 0 Å². The number of para-hydroxylation sites is 2. The summed E-state index contributed by atoms with van der Waals surface area (Å²) < 4.78 is 31.8. The Morgan fingerprint density at radius 3 is 2.75 bits per heavy atom. The molecular formula is C15H14N2O4S3. The van der Waals surface area contributed by atoms with Gasteiger partial charge in [-0.1, -0.05) is 24.4 Å². The highest BCUT2D eigenvalue weighted by atomic mass is 32.2. The number of nitrogens with zero attached hydrogens (tertiary/aromatic N) is 1. The van der Waals surface area contributed by atoms with Gasteiger partial charge in [0.2, 0.25) is 5.78 Å². The Morgan fingerprint density at radius 2 is 2.04 bits per heavy atom. The van der Waals surface area contributed by atoms with Crippen molar-refractivity contribution < 1.29 is 17.9 Å². The number of hydrogen-bond acceptors (Lipinski definition) is 6. The average Bonchev–Trinajstić information content (AvgIpc) is 3.03. The third-order valence-electron chi connectivity index (χ3n) is 3.73. The van der Waals surface area contributed by atoms with E-state index in [4.69, 9.17) is 17.0 Å². The molecule has 3 rings (SSSR count). The summed E-state index contributed by atoms with van der Waals surface area (Å²) in [6.45, 7) is 0. The summed E-state index contributed by atoms with van der Waals surface area (Å²) in [4.78, 5) is 13.0. The number of methoxy groups -OCH3 is 1. The van der Waals surface area contributed by atoms with E-state index in [1.807, 2.05) is 0 Å². The van der Waals surface area contributed by atoms with Gasteiger partial charge in [-0.3, -0.25) is 9.10 Å². The van der Waals surface area contributed by atoms with Crippen molar-refractivity contribution >= 4 is 55.7 Å². The summed E-state index contributed by atoms with van der Waals surface area (Å²) in [5.74, 6) is -0.00354. The summed E-state index contributed by atoms with van der Waals surface area (Å²) in [7, 11) is -1.01. The number of carbonyl (C=O) groups excluding carboxylic acids is 1. The van der Waals surface area contributed by atoms with Gasteiger partial charge in [-0.2, -0.15) is 0 Å². The molecule has 24 heavy (non-hydrogen) atoms. The van der Waals surface area contributed by atoms with Crippen LogP contribution in [0.2, 0.25) is 0 Å². The first-order chi connectivity index (χ1) is 11.4. The van der Waals surface area contributed by atoms with Gasteiger partial charge < -0.3 is 10.1 Å². The van der Waals surface area contributed by atoms with Gasteiger partial charge in [0.15, 0.2) is 5.25 Å². The van der Waals surface area contributed by atoms with Crippen molar-refractivity contribution in [2.75, 3.05) is 23.8 Å². The van der Waals surface area contributed by atoms with E-state index in [0.717, 1.165) is 4.31 Å². The first-order valence-corrected chi connectivity index (χ1v) is 9.70. The lowest BCUT2D eigenvalue weighted by molar-refractivity contribution is 0.101. The average molecular weight is 382 g/mol. The van der Waals surface area contributed by atoms with Crippen LogP contribution in [-0.4, -0.2) is 38.6 Å². The lowest BCUT2D eigenvalue weighted by atomic mass is 10.2. The second-order valence-corrected chi connectivity index (χ2v) is 8.49. The molecule has 1 aromatic carbocycles. The van der Waals surface area contributed by atoms with Crippen molar-refractivity contribution in [1.29, 1.82) is 0 Å². The van der Waals surface area contributed by atoms with Gasteiger partial charge in [-0.05, 0) is 23.6 Å². The Hall–Kier alpha value is -1.97. The van der Waals surface area contributed by atoms with E-state index < -0.39 is 21.1 Å². The topological polar surface area (TPSA) is 75.7 Å². The monoisotopic (exact) mass is 382 g/mol. The van der Waals surface area contributed by atoms with Crippen LogP contribution in [-0.2, 0) is 10.0 Å². The molecule has 1 aromatic heterocycles. The van der Waals surface area contributed by atoms with Gasteiger partial charge in [-0.15, -0.1) is 11.3 Å². The molecule has 126 valence electrons. The molecule has 1 N–H and O–H groups in total. The molecule has 1 unspecified atom stereocenters. The zero-order chi connectivity index (χ0) is 17.5. The zero-order valence-corrected chi connectivity index (χ0v) is 15.3. The van der Waals surface area contributed by atoms with Gasteiger partial charge in [0, 0.05) is 7.05 Å². The number of thiophene rings is 1. The van der Waals surface area contributed by atoms with E-state index in [1.54, 1.807) is 35.7 Å². The Kier molecular flexibility index (Phi) is 4.33. The number of thiocarbonyl (C=S) groups is 1. The molecule has 1 aliphatic rings. The van der Waals surface area contributed by atoms with E-state index >= 15 is 0 Å². The lowest BCUT2D eigenvalue weighted by Crippen LogP contribution is -2.50. The van der Waals surface area contributed by atoms with E-state index in [-0.39, 0.29) is 4.99 Å². The molecule has 6 nitrogen and oxygen atoms in total. The van der Waals surface area contributed by atoms with Crippen molar-refractivity contribution in [3.05, 3.63) is 40.6 Å². The first kappa shape index (κ1) is 16.9. The molecule has 9 heteroatoms. The fraction of sp³-hybridized carbons (Fsp3) is 0.200. The van der Waals surface area contributed by atoms with Crippen LogP contribution < -0.4 is 14.4 Å². The van der Waals surface area contributed by atoms with Crippen molar-refractivity contribution in [3.63, 3.8) is 0 Å². The summed E-state index contributed by atoms with van der Waals surface area (Å²) in [6.07, 6.45) is 0. The minimum atomic E-state index is -3.93. The Labute approximate surface area is 149 Å². The number of Topliss-reactive ketones (excluding diaryl/α,β-unsaturated/α-hetero) is 1. The maximum absolute atomic E-state index is 12.7. The molecule has 0 saturated heterocycles. The number of rotatable bonds is 3. The fourth-order valence-corrected chi connectivity index (χ4v) is 5.55. The highest BCUT2D eigenvalue weighted by Crippen LogP contribution is 2.36. The number of ether oxygens (including phenoxy) is 1. The molecular weight excluding hydrogens is 368 g/mol. The molecule has 2 heterocycles. The Balaban J connectivity index is 1.99. The van der Waals surface area contributed by atoms with E-state index in [0.29, 0.717) is 22.0 Å². The molecule has 0 bridgehead atoms. The van der Waals surface area contributed by atoms with Gasteiger partial charge in [0.25, 0.3) is 10.0 Å². The van der Waals surface area contributed by atoms with E-state index in [2.05, 4.69) is 5.32 Å². The number of ketones is 1. The molecule has 0 amide bonds. The third-order valence-corrected chi connectivity index (χ3v) is 7.14. The lowest BCUT2D eigenvalue weighted by Gasteiger charge is -2.30. The van der Waals surface area contributed by atoms with Crippen molar-refractivity contribution in [3.8, 4) is 5.75 Å². The normalized spacial score (nSPS) is 18.8. The highest BCUT2D eigenvalue weighted by molar-refractivity contribution is 7.97. The number of hydrogen-bond donors (Lipinski definition) is 1. The quantitative estimate of drug-likeness (QED) is 0.822. The zero-order valence-electron chi connectivity index (χ0n) is 12.8. The van der Waals surface area contributed by atoms with Crippen molar-refractivity contribution in [2.24, 2.45) is 0 Å². The van der Waals surface area contributed by atoms with Gasteiger partial charge in [0.1, 0.15) is 10.7 Å². The molecule has 0 radical (unpaired) electrons. The number of sulfonamides is 1. The number of carbonyl (C=O) groups is 1. The SMILES string of the molecule is COc1ccccc1NC(=S)C1C(=O)c2sccc2N(C)S1(=O)=O. The molecule has 0 fully saturated rings. The van der Waals surface area contributed by atoms with Crippen LogP contribution in [0.1, 0.15) is 9.67 Å². The van der Waals surface area contributed by atoms with Crippen LogP contribution in [0.15, 0.2) is 35.7 Å².